The second-order valence-corrected chi connectivity index (χ2v) is 7.55. The average Bonchev–Trinajstić information content (AvgIpc) is 3.21. The molecule has 3 aromatic rings. The number of aromatic nitrogens is 1. The lowest BCUT2D eigenvalue weighted by Gasteiger charge is -2.11. The Morgan fingerprint density at radius 1 is 1.21 bits per heavy atom. The van der Waals surface area contributed by atoms with Crippen LogP contribution in [0.15, 0.2) is 41.9 Å². The zero-order valence-electron chi connectivity index (χ0n) is 16.1. The van der Waals surface area contributed by atoms with Gasteiger partial charge in [0.25, 0.3) is 5.91 Å². The molecule has 4 nitrogen and oxygen atoms in total. The highest BCUT2D eigenvalue weighted by molar-refractivity contribution is 7.16. The quantitative estimate of drug-likeness (QED) is 0.363. The molecule has 0 aliphatic heterocycles. The van der Waals surface area contributed by atoms with Gasteiger partial charge in [-0.05, 0) is 37.1 Å². The summed E-state index contributed by atoms with van der Waals surface area (Å²) in [4.78, 5) is 16.6. The fraction of sp³-hybridized carbons (Fsp3) is 0.304. The Morgan fingerprint density at radius 2 is 2.07 bits per heavy atom. The molecule has 0 saturated heterocycles. The van der Waals surface area contributed by atoms with Crippen LogP contribution >= 0.6 is 11.3 Å². The van der Waals surface area contributed by atoms with E-state index < -0.39 is 5.82 Å². The van der Waals surface area contributed by atoms with E-state index in [9.17, 15) is 9.18 Å². The molecular weight excluding hydrogens is 387 g/mol. The third-order valence-electron chi connectivity index (χ3n) is 4.55. The predicted octanol–water partition coefficient (Wildman–Crippen LogP) is 5.33. The van der Waals surface area contributed by atoms with E-state index in [1.165, 1.54) is 11.3 Å². The highest BCUT2D eigenvalue weighted by atomic mass is 32.1. The van der Waals surface area contributed by atoms with Crippen LogP contribution in [0.4, 0.5) is 4.39 Å². The van der Waals surface area contributed by atoms with Gasteiger partial charge in [-0.2, -0.15) is 0 Å². The third-order valence-corrected chi connectivity index (χ3v) is 5.34. The first-order valence-corrected chi connectivity index (χ1v) is 10.5. The highest BCUT2D eigenvalue weighted by Crippen LogP contribution is 2.22. The number of carbonyl (C=O) groups excluding carboxylic acids is 1. The van der Waals surface area contributed by atoms with Crippen molar-refractivity contribution in [3.05, 3.63) is 58.9 Å². The van der Waals surface area contributed by atoms with Gasteiger partial charge in [0, 0.05) is 24.1 Å². The van der Waals surface area contributed by atoms with Gasteiger partial charge in [-0.3, -0.25) is 4.79 Å². The maximum absolute atomic E-state index is 14.7. The monoisotopic (exact) mass is 410 g/mol. The molecule has 1 N–H and O–H groups in total. The number of thiazole rings is 1. The van der Waals surface area contributed by atoms with Crippen LogP contribution in [0.25, 0.3) is 10.2 Å². The fourth-order valence-electron chi connectivity index (χ4n) is 2.94. The first-order chi connectivity index (χ1) is 14.2. The zero-order chi connectivity index (χ0) is 20.5. The molecule has 1 amide bonds. The summed E-state index contributed by atoms with van der Waals surface area (Å²) >= 11 is 1.48. The first kappa shape index (κ1) is 20.8. The number of ether oxygens (including phenoxy) is 1. The van der Waals surface area contributed by atoms with Crippen LogP contribution in [0.2, 0.25) is 0 Å². The van der Waals surface area contributed by atoms with Crippen LogP contribution in [0.3, 0.4) is 0 Å². The van der Waals surface area contributed by atoms with E-state index in [0.29, 0.717) is 17.7 Å². The van der Waals surface area contributed by atoms with Gasteiger partial charge in [0.05, 0.1) is 22.3 Å². The van der Waals surface area contributed by atoms with Crippen LogP contribution in [0.5, 0.6) is 5.75 Å². The minimum absolute atomic E-state index is 0.0919. The summed E-state index contributed by atoms with van der Waals surface area (Å²) in [7, 11) is 0. The van der Waals surface area contributed by atoms with Crippen LogP contribution in [-0.4, -0.2) is 17.5 Å². The molecule has 1 aromatic heterocycles. The number of nitrogens with one attached hydrogen (secondary N) is 1. The maximum Gasteiger partial charge on any atom is 0.251 e. The number of nitrogens with zero attached hydrogens (tertiary/aromatic N) is 1. The molecule has 0 unspecified atom stereocenters. The second-order valence-electron chi connectivity index (χ2n) is 6.66. The smallest absolute Gasteiger partial charge is 0.251 e. The molecule has 29 heavy (non-hydrogen) atoms. The van der Waals surface area contributed by atoms with Gasteiger partial charge in [0.2, 0.25) is 0 Å². The number of benzene rings is 2. The maximum atomic E-state index is 14.7. The standard InChI is InChI=1S/C23H23FN2O2S/c1-2-3-4-5-6-7-13-28-20-10-8-9-18(22(20)24)15-25-23(27)17-11-12-19-21(14-17)29-16-26-19/h1,8-12,14,16H,3-7,13,15H2,(H,25,27). The fourth-order valence-corrected chi connectivity index (χ4v) is 3.66. The van der Waals surface area contributed by atoms with Gasteiger partial charge in [-0.1, -0.05) is 25.0 Å². The van der Waals surface area contributed by atoms with Crippen molar-refractivity contribution in [1.29, 1.82) is 0 Å². The van der Waals surface area contributed by atoms with Crippen molar-refractivity contribution in [1.82, 2.24) is 10.3 Å². The lowest BCUT2D eigenvalue weighted by Crippen LogP contribution is -2.23. The SMILES string of the molecule is C#CCCCCCCOc1cccc(CNC(=O)c2ccc3ncsc3c2)c1F. The summed E-state index contributed by atoms with van der Waals surface area (Å²) in [5.74, 6) is 2.15. The summed E-state index contributed by atoms with van der Waals surface area (Å²) in [5, 5.41) is 2.77. The first-order valence-electron chi connectivity index (χ1n) is 9.64. The Labute approximate surface area is 174 Å². The molecule has 0 fully saturated rings. The molecule has 0 aliphatic rings. The number of amides is 1. The molecule has 0 atom stereocenters. The molecule has 3 rings (SSSR count). The minimum Gasteiger partial charge on any atom is -0.491 e. The van der Waals surface area contributed by atoms with Gasteiger partial charge >= 0.3 is 0 Å². The zero-order valence-corrected chi connectivity index (χ0v) is 16.9. The van der Waals surface area contributed by atoms with Crippen molar-refractivity contribution in [2.24, 2.45) is 0 Å². The number of carbonyl (C=O) groups is 1. The van der Waals surface area contributed by atoms with E-state index in [1.54, 1.807) is 35.8 Å². The second kappa shape index (κ2) is 10.6. The van der Waals surface area contributed by atoms with Crippen LogP contribution in [0, 0.1) is 18.2 Å². The number of terminal acetylenes is 1. The summed E-state index contributed by atoms with van der Waals surface area (Å²) in [6.07, 6.45) is 9.93. The van der Waals surface area contributed by atoms with Gasteiger partial charge in [-0.15, -0.1) is 23.7 Å². The van der Waals surface area contributed by atoms with E-state index in [0.717, 1.165) is 42.3 Å². The number of halogens is 1. The Balaban J connectivity index is 1.51. The Morgan fingerprint density at radius 3 is 2.93 bits per heavy atom. The molecule has 0 radical (unpaired) electrons. The summed E-state index contributed by atoms with van der Waals surface area (Å²) < 4.78 is 21.2. The third kappa shape index (κ3) is 5.78. The largest absolute Gasteiger partial charge is 0.491 e. The van der Waals surface area contributed by atoms with E-state index in [-0.39, 0.29) is 18.2 Å². The Bertz CT molecular complexity index is 1010. The van der Waals surface area contributed by atoms with Crippen molar-refractivity contribution in [2.75, 3.05) is 6.61 Å². The van der Waals surface area contributed by atoms with Gasteiger partial charge in [-0.25, -0.2) is 9.37 Å². The van der Waals surface area contributed by atoms with Crippen LogP contribution in [-0.2, 0) is 6.54 Å². The molecule has 0 bridgehead atoms. The lowest BCUT2D eigenvalue weighted by molar-refractivity contribution is 0.0950. The van der Waals surface area contributed by atoms with E-state index in [4.69, 9.17) is 11.2 Å². The van der Waals surface area contributed by atoms with Crippen LogP contribution < -0.4 is 10.1 Å². The molecule has 0 saturated carbocycles. The lowest BCUT2D eigenvalue weighted by atomic mass is 10.1. The number of unbranched alkanes of at least 4 members (excludes halogenated alkanes) is 4. The van der Waals surface area contributed by atoms with Gasteiger partial charge in [0.1, 0.15) is 0 Å². The Hall–Kier alpha value is -2.91. The van der Waals surface area contributed by atoms with Crippen molar-refractivity contribution < 1.29 is 13.9 Å². The van der Waals surface area contributed by atoms with E-state index in [2.05, 4.69) is 16.2 Å². The number of rotatable bonds is 10. The normalized spacial score (nSPS) is 10.6. The highest BCUT2D eigenvalue weighted by Gasteiger charge is 2.12. The van der Waals surface area contributed by atoms with Gasteiger partial charge < -0.3 is 10.1 Å². The molecule has 2 aromatic carbocycles. The van der Waals surface area contributed by atoms with E-state index in [1.807, 2.05) is 6.07 Å². The number of hydrogen-bond donors (Lipinski definition) is 1. The molecular formula is C23H23FN2O2S. The molecule has 150 valence electrons. The number of fused-ring (bicyclic) bond motifs is 1. The number of hydrogen-bond acceptors (Lipinski definition) is 4. The van der Waals surface area contributed by atoms with Crippen molar-refractivity contribution in [2.45, 2.75) is 38.6 Å². The molecule has 6 heteroatoms. The minimum atomic E-state index is -0.432. The summed E-state index contributed by atoms with van der Waals surface area (Å²) in [6.45, 7) is 0.548. The van der Waals surface area contributed by atoms with Crippen molar-refractivity contribution in [3.63, 3.8) is 0 Å². The summed E-state index contributed by atoms with van der Waals surface area (Å²) in [6, 6.07) is 10.3. The molecule has 0 aliphatic carbocycles. The van der Waals surface area contributed by atoms with Crippen molar-refractivity contribution >= 4 is 27.5 Å². The topological polar surface area (TPSA) is 51.2 Å². The summed E-state index contributed by atoms with van der Waals surface area (Å²) in [5.41, 5.74) is 3.52. The van der Waals surface area contributed by atoms with Crippen molar-refractivity contribution in [3.8, 4) is 18.1 Å². The van der Waals surface area contributed by atoms with Gasteiger partial charge in [0.15, 0.2) is 11.6 Å². The molecule has 1 heterocycles. The molecule has 0 spiro atoms. The van der Waals surface area contributed by atoms with Crippen LogP contribution in [0.1, 0.15) is 48.0 Å². The Kier molecular flexibility index (Phi) is 7.60. The average molecular weight is 411 g/mol. The van der Waals surface area contributed by atoms with E-state index >= 15 is 0 Å². The predicted molar refractivity (Wildman–Crippen MR) is 115 cm³/mol.